The molecule has 1 heterocycles. The fourth-order valence-electron chi connectivity index (χ4n) is 3.25. The molecule has 1 aliphatic heterocycles. The number of anilines is 3. The molecule has 0 spiro atoms. The number of carbonyl (C=O) groups is 2. The van der Waals surface area contributed by atoms with Crippen LogP contribution in [0.2, 0.25) is 0 Å². The molecule has 1 fully saturated rings. The summed E-state index contributed by atoms with van der Waals surface area (Å²) in [5.74, 6) is -0.258. The van der Waals surface area contributed by atoms with Gasteiger partial charge in [0.25, 0.3) is 0 Å². The fourth-order valence-corrected chi connectivity index (χ4v) is 3.25. The Kier molecular flexibility index (Phi) is 5.96. The minimum atomic E-state index is -0.660. The summed E-state index contributed by atoms with van der Waals surface area (Å²) in [4.78, 5) is 26.8. The first-order valence-electron chi connectivity index (χ1n) is 9.32. The molecular weight excluding hydrogens is 340 g/mol. The summed E-state index contributed by atoms with van der Waals surface area (Å²) in [6, 6.07) is 14.0. The van der Waals surface area contributed by atoms with Crippen LogP contribution in [0.5, 0.6) is 0 Å². The van der Waals surface area contributed by atoms with Crippen molar-refractivity contribution in [2.24, 2.45) is 0 Å². The number of amides is 3. The highest BCUT2D eigenvalue weighted by Gasteiger charge is 2.17. The van der Waals surface area contributed by atoms with Crippen LogP contribution in [-0.2, 0) is 4.79 Å². The van der Waals surface area contributed by atoms with Crippen LogP contribution in [0.4, 0.5) is 21.9 Å². The van der Waals surface area contributed by atoms with Crippen molar-refractivity contribution in [2.45, 2.75) is 32.7 Å². The van der Waals surface area contributed by atoms with E-state index in [4.69, 9.17) is 0 Å². The molecule has 27 heavy (non-hydrogen) atoms. The lowest BCUT2D eigenvalue weighted by atomic mass is 10.1. The van der Waals surface area contributed by atoms with Crippen molar-refractivity contribution in [3.8, 4) is 0 Å². The lowest BCUT2D eigenvalue weighted by Gasteiger charge is -2.21. The van der Waals surface area contributed by atoms with Crippen molar-refractivity contribution in [3.05, 3.63) is 54.1 Å². The van der Waals surface area contributed by atoms with E-state index in [1.54, 1.807) is 19.1 Å². The maximum absolute atomic E-state index is 12.4. The van der Waals surface area contributed by atoms with Gasteiger partial charge in [-0.2, -0.15) is 0 Å². The number of carbonyl (C=O) groups excluding carboxylic acids is 2. The highest BCUT2D eigenvalue weighted by atomic mass is 16.2. The molecule has 2 aromatic carbocycles. The molecule has 1 aliphatic rings. The van der Waals surface area contributed by atoms with E-state index in [-0.39, 0.29) is 5.91 Å². The summed E-state index contributed by atoms with van der Waals surface area (Å²) in [5, 5.41) is 8.22. The fraction of sp³-hybridized carbons (Fsp3) is 0.333. The maximum atomic E-state index is 12.4. The van der Waals surface area contributed by atoms with Crippen LogP contribution in [0.15, 0.2) is 48.5 Å². The van der Waals surface area contributed by atoms with E-state index in [1.165, 1.54) is 18.5 Å². The van der Waals surface area contributed by atoms with Gasteiger partial charge in [0.1, 0.15) is 6.04 Å². The minimum absolute atomic E-state index is 0.258. The molecule has 0 saturated carbocycles. The number of aryl methyl sites for hydroxylation is 1. The number of para-hydroxylation sites is 1. The standard InChI is InChI=1S/C21H26N4O2/c1-15-14-18(10-11-19(15)25-12-6-7-13-25)23-20(26)16(2)22-21(27)24-17-8-4-3-5-9-17/h3-5,8-11,14,16H,6-7,12-13H2,1-2H3,(H,23,26)(H2,22,24,27). The molecular formula is C21H26N4O2. The molecule has 0 aliphatic carbocycles. The van der Waals surface area contributed by atoms with Crippen molar-refractivity contribution >= 4 is 29.0 Å². The van der Waals surface area contributed by atoms with Gasteiger partial charge in [0.05, 0.1) is 0 Å². The molecule has 0 bridgehead atoms. The Hall–Kier alpha value is -3.02. The number of urea groups is 1. The predicted molar refractivity (Wildman–Crippen MR) is 109 cm³/mol. The van der Waals surface area contributed by atoms with Gasteiger partial charge in [0.15, 0.2) is 0 Å². The van der Waals surface area contributed by atoms with Gasteiger partial charge in [-0.15, -0.1) is 0 Å². The summed E-state index contributed by atoms with van der Waals surface area (Å²) in [7, 11) is 0. The predicted octanol–water partition coefficient (Wildman–Crippen LogP) is 3.74. The van der Waals surface area contributed by atoms with Crippen LogP contribution < -0.4 is 20.9 Å². The summed E-state index contributed by atoms with van der Waals surface area (Å²) in [5.41, 5.74) is 3.77. The first-order valence-corrected chi connectivity index (χ1v) is 9.32. The number of benzene rings is 2. The number of hydrogen-bond donors (Lipinski definition) is 3. The van der Waals surface area contributed by atoms with E-state index in [2.05, 4.69) is 33.8 Å². The second kappa shape index (κ2) is 8.58. The Morgan fingerprint density at radius 1 is 0.963 bits per heavy atom. The Labute approximate surface area is 159 Å². The third kappa shape index (κ3) is 5.00. The lowest BCUT2D eigenvalue weighted by molar-refractivity contribution is -0.117. The van der Waals surface area contributed by atoms with E-state index in [0.29, 0.717) is 5.69 Å². The van der Waals surface area contributed by atoms with Gasteiger partial charge in [-0.3, -0.25) is 4.79 Å². The Morgan fingerprint density at radius 2 is 1.67 bits per heavy atom. The van der Waals surface area contributed by atoms with E-state index in [0.717, 1.165) is 24.3 Å². The molecule has 2 aromatic rings. The summed E-state index contributed by atoms with van der Waals surface area (Å²) < 4.78 is 0. The maximum Gasteiger partial charge on any atom is 0.319 e. The monoisotopic (exact) mass is 366 g/mol. The highest BCUT2D eigenvalue weighted by Crippen LogP contribution is 2.26. The summed E-state index contributed by atoms with van der Waals surface area (Å²) in [6.07, 6.45) is 2.46. The van der Waals surface area contributed by atoms with Crippen LogP contribution in [0.1, 0.15) is 25.3 Å². The number of hydrogen-bond acceptors (Lipinski definition) is 3. The van der Waals surface area contributed by atoms with Crippen molar-refractivity contribution in [2.75, 3.05) is 28.6 Å². The molecule has 3 N–H and O–H groups in total. The molecule has 0 aromatic heterocycles. The second-order valence-corrected chi connectivity index (χ2v) is 6.87. The molecule has 1 atom stereocenters. The lowest BCUT2D eigenvalue weighted by Crippen LogP contribution is -2.43. The van der Waals surface area contributed by atoms with Crippen molar-refractivity contribution < 1.29 is 9.59 Å². The molecule has 6 nitrogen and oxygen atoms in total. The van der Waals surface area contributed by atoms with Gasteiger partial charge in [-0.05, 0) is 62.6 Å². The van der Waals surface area contributed by atoms with E-state index < -0.39 is 12.1 Å². The quantitative estimate of drug-likeness (QED) is 0.755. The molecule has 1 unspecified atom stereocenters. The van der Waals surface area contributed by atoms with Crippen LogP contribution >= 0.6 is 0 Å². The van der Waals surface area contributed by atoms with Gasteiger partial charge in [0.2, 0.25) is 5.91 Å². The van der Waals surface area contributed by atoms with Gasteiger partial charge >= 0.3 is 6.03 Å². The molecule has 6 heteroatoms. The minimum Gasteiger partial charge on any atom is -0.371 e. The average molecular weight is 366 g/mol. The van der Waals surface area contributed by atoms with Gasteiger partial charge in [-0.1, -0.05) is 18.2 Å². The SMILES string of the molecule is Cc1cc(NC(=O)C(C)NC(=O)Nc2ccccc2)ccc1N1CCCC1. The van der Waals surface area contributed by atoms with Gasteiger partial charge in [0, 0.05) is 30.2 Å². The second-order valence-electron chi connectivity index (χ2n) is 6.87. The number of nitrogens with zero attached hydrogens (tertiary/aromatic N) is 1. The Bertz CT molecular complexity index is 801. The number of rotatable bonds is 5. The van der Waals surface area contributed by atoms with Crippen LogP contribution in [0, 0.1) is 6.92 Å². The largest absolute Gasteiger partial charge is 0.371 e. The topological polar surface area (TPSA) is 73.5 Å². The van der Waals surface area contributed by atoms with Crippen molar-refractivity contribution in [1.29, 1.82) is 0 Å². The third-order valence-corrected chi connectivity index (χ3v) is 4.68. The third-order valence-electron chi connectivity index (χ3n) is 4.68. The average Bonchev–Trinajstić information content (AvgIpc) is 3.17. The molecule has 142 valence electrons. The molecule has 3 rings (SSSR count). The van der Waals surface area contributed by atoms with Crippen molar-refractivity contribution in [1.82, 2.24) is 5.32 Å². The van der Waals surface area contributed by atoms with Gasteiger partial charge < -0.3 is 20.9 Å². The van der Waals surface area contributed by atoms with Crippen LogP contribution in [-0.4, -0.2) is 31.1 Å². The normalized spacial score (nSPS) is 14.5. The first kappa shape index (κ1) is 18.8. The Morgan fingerprint density at radius 3 is 2.33 bits per heavy atom. The van der Waals surface area contributed by atoms with Crippen LogP contribution in [0.3, 0.4) is 0 Å². The van der Waals surface area contributed by atoms with E-state index in [9.17, 15) is 9.59 Å². The number of nitrogens with one attached hydrogen (secondary N) is 3. The molecule has 1 saturated heterocycles. The zero-order valence-corrected chi connectivity index (χ0v) is 15.8. The first-order chi connectivity index (χ1) is 13.0. The van der Waals surface area contributed by atoms with E-state index >= 15 is 0 Å². The Balaban J connectivity index is 1.54. The van der Waals surface area contributed by atoms with Crippen molar-refractivity contribution in [3.63, 3.8) is 0 Å². The summed E-state index contributed by atoms with van der Waals surface area (Å²) >= 11 is 0. The van der Waals surface area contributed by atoms with E-state index in [1.807, 2.05) is 30.3 Å². The zero-order chi connectivity index (χ0) is 19.2. The molecule has 0 radical (unpaired) electrons. The molecule has 3 amide bonds. The van der Waals surface area contributed by atoms with Gasteiger partial charge in [-0.25, -0.2) is 4.79 Å². The highest BCUT2D eigenvalue weighted by molar-refractivity contribution is 5.99. The zero-order valence-electron chi connectivity index (χ0n) is 15.8. The van der Waals surface area contributed by atoms with Crippen LogP contribution in [0.25, 0.3) is 0 Å². The summed E-state index contributed by atoms with van der Waals surface area (Å²) in [6.45, 7) is 5.89. The smallest absolute Gasteiger partial charge is 0.319 e.